The maximum absolute atomic E-state index is 12.3. The number of amides is 1. The predicted molar refractivity (Wildman–Crippen MR) is 104 cm³/mol. The average molecular weight is 383 g/mol. The Morgan fingerprint density at radius 2 is 1.64 bits per heavy atom. The first kappa shape index (κ1) is 19.9. The first-order valence-electron chi connectivity index (χ1n) is 9.38. The lowest BCUT2D eigenvalue weighted by atomic mass is 10.2. The summed E-state index contributed by atoms with van der Waals surface area (Å²) in [6, 6.07) is 16.5. The van der Waals surface area contributed by atoms with Crippen molar-refractivity contribution in [3.05, 3.63) is 65.7 Å². The van der Waals surface area contributed by atoms with E-state index in [2.05, 4.69) is 0 Å². The highest BCUT2D eigenvalue weighted by Crippen LogP contribution is 2.15. The van der Waals surface area contributed by atoms with Crippen molar-refractivity contribution < 1.29 is 23.8 Å². The Hall–Kier alpha value is -2.86. The number of esters is 1. The molecule has 28 heavy (non-hydrogen) atoms. The van der Waals surface area contributed by atoms with Crippen molar-refractivity contribution in [3.63, 3.8) is 0 Å². The van der Waals surface area contributed by atoms with Gasteiger partial charge in [-0.25, -0.2) is 4.79 Å². The van der Waals surface area contributed by atoms with E-state index >= 15 is 0 Å². The van der Waals surface area contributed by atoms with Crippen LogP contribution < -0.4 is 4.74 Å². The molecule has 1 aliphatic heterocycles. The second kappa shape index (κ2) is 9.37. The van der Waals surface area contributed by atoms with E-state index in [-0.39, 0.29) is 24.7 Å². The number of carbonyl (C=O) groups is 2. The standard InChI is InChI=1S/C22H25NO5/c1-16-12-23(13-17(2)28-16)21(24)15-27-22(25)19-8-10-20(11-9-19)26-14-18-6-4-3-5-7-18/h3-11,16-17H,12-15H2,1-2H3. The number of rotatable bonds is 6. The summed E-state index contributed by atoms with van der Waals surface area (Å²) in [5.41, 5.74) is 1.44. The van der Waals surface area contributed by atoms with Crippen molar-refractivity contribution in [1.82, 2.24) is 4.90 Å². The molecule has 6 nitrogen and oxygen atoms in total. The molecule has 1 aliphatic rings. The summed E-state index contributed by atoms with van der Waals surface area (Å²) in [5, 5.41) is 0. The molecule has 0 bridgehead atoms. The van der Waals surface area contributed by atoms with E-state index in [0.29, 0.717) is 31.0 Å². The van der Waals surface area contributed by atoms with Gasteiger partial charge in [0.05, 0.1) is 17.8 Å². The number of morpholine rings is 1. The highest BCUT2D eigenvalue weighted by atomic mass is 16.5. The Morgan fingerprint density at radius 3 is 2.29 bits per heavy atom. The van der Waals surface area contributed by atoms with Crippen molar-refractivity contribution in [2.24, 2.45) is 0 Å². The van der Waals surface area contributed by atoms with Crippen LogP contribution in [0.25, 0.3) is 0 Å². The van der Waals surface area contributed by atoms with E-state index in [1.54, 1.807) is 29.2 Å². The van der Waals surface area contributed by atoms with Gasteiger partial charge in [-0.1, -0.05) is 30.3 Å². The predicted octanol–water partition coefficient (Wildman–Crippen LogP) is 3.06. The van der Waals surface area contributed by atoms with Gasteiger partial charge >= 0.3 is 5.97 Å². The number of carbonyl (C=O) groups excluding carboxylic acids is 2. The molecule has 1 heterocycles. The molecular formula is C22H25NO5. The average Bonchev–Trinajstić information content (AvgIpc) is 2.70. The summed E-state index contributed by atoms with van der Waals surface area (Å²) < 4.78 is 16.5. The number of benzene rings is 2. The number of ether oxygens (including phenoxy) is 3. The summed E-state index contributed by atoms with van der Waals surface area (Å²) in [6.45, 7) is 5.04. The van der Waals surface area contributed by atoms with Gasteiger partial charge in [0.2, 0.25) is 0 Å². The van der Waals surface area contributed by atoms with E-state index in [1.165, 1.54) is 0 Å². The van der Waals surface area contributed by atoms with Crippen LogP contribution in [0.5, 0.6) is 5.75 Å². The molecule has 3 rings (SSSR count). The molecule has 0 aromatic heterocycles. The Balaban J connectivity index is 1.47. The third kappa shape index (κ3) is 5.57. The molecule has 2 aromatic rings. The van der Waals surface area contributed by atoms with Crippen molar-refractivity contribution >= 4 is 11.9 Å². The molecule has 0 radical (unpaired) electrons. The highest BCUT2D eigenvalue weighted by molar-refractivity contribution is 5.91. The first-order valence-corrected chi connectivity index (χ1v) is 9.38. The van der Waals surface area contributed by atoms with E-state index in [9.17, 15) is 9.59 Å². The summed E-state index contributed by atoms with van der Waals surface area (Å²) in [7, 11) is 0. The maximum Gasteiger partial charge on any atom is 0.338 e. The van der Waals surface area contributed by atoms with Crippen LogP contribution in [0.3, 0.4) is 0 Å². The number of hydrogen-bond acceptors (Lipinski definition) is 5. The second-order valence-corrected chi connectivity index (χ2v) is 6.93. The van der Waals surface area contributed by atoms with Gasteiger partial charge in [0, 0.05) is 13.1 Å². The molecule has 0 N–H and O–H groups in total. The minimum Gasteiger partial charge on any atom is -0.489 e. The molecule has 0 spiro atoms. The molecule has 6 heteroatoms. The Bertz CT molecular complexity index is 780. The first-order chi connectivity index (χ1) is 13.5. The minimum absolute atomic E-state index is 0.0215. The molecule has 1 fully saturated rings. The van der Waals surface area contributed by atoms with E-state index in [1.807, 2.05) is 44.2 Å². The maximum atomic E-state index is 12.3. The molecule has 2 aromatic carbocycles. The summed E-state index contributed by atoms with van der Waals surface area (Å²) in [6.07, 6.45) is -0.0429. The van der Waals surface area contributed by atoms with Gasteiger partial charge in [-0.3, -0.25) is 4.79 Å². The SMILES string of the molecule is CC1CN(C(=O)COC(=O)c2ccc(OCc3ccccc3)cc2)CC(C)O1. The van der Waals surface area contributed by atoms with Crippen molar-refractivity contribution in [2.75, 3.05) is 19.7 Å². The van der Waals surface area contributed by atoms with Gasteiger partial charge in [0.1, 0.15) is 12.4 Å². The summed E-state index contributed by atoms with van der Waals surface area (Å²) in [4.78, 5) is 26.1. The van der Waals surface area contributed by atoms with Crippen LogP contribution in [-0.4, -0.2) is 48.7 Å². The Morgan fingerprint density at radius 1 is 1.00 bits per heavy atom. The lowest BCUT2D eigenvalue weighted by Crippen LogP contribution is -2.49. The smallest absolute Gasteiger partial charge is 0.338 e. The fraction of sp³-hybridized carbons (Fsp3) is 0.364. The quantitative estimate of drug-likeness (QED) is 0.718. The zero-order valence-electron chi connectivity index (χ0n) is 16.2. The number of nitrogens with zero attached hydrogens (tertiary/aromatic N) is 1. The lowest BCUT2D eigenvalue weighted by Gasteiger charge is -2.35. The summed E-state index contributed by atoms with van der Waals surface area (Å²) in [5.74, 6) is -0.0803. The van der Waals surface area contributed by atoms with Crippen molar-refractivity contribution in [1.29, 1.82) is 0 Å². The zero-order chi connectivity index (χ0) is 19.9. The molecular weight excluding hydrogens is 358 g/mol. The highest BCUT2D eigenvalue weighted by Gasteiger charge is 2.26. The van der Waals surface area contributed by atoms with Crippen LogP contribution in [0, 0.1) is 0 Å². The largest absolute Gasteiger partial charge is 0.489 e. The molecule has 0 saturated carbocycles. The third-order valence-electron chi connectivity index (χ3n) is 4.44. The molecule has 1 amide bonds. The minimum atomic E-state index is -0.530. The van der Waals surface area contributed by atoms with Gasteiger partial charge in [0.15, 0.2) is 6.61 Å². The fourth-order valence-electron chi connectivity index (χ4n) is 3.11. The van der Waals surface area contributed by atoms with Gasteiger partial charge in [-0.2, -0.15) is 0 Å². The van der Waals surface area contributed by atoms with Crippen molar-refractivity contribution in [3.8, 4) is 5.75 Å². The van der Waals surface area contributed by atoms with Gasteiger partial charge in [-0.15, -0.1) is 0 Å². The molecule has 2 unspecified atom stereocenters. The molecule has 1 saturated heterocycles. The Kier molecular flexibility index (Phi) is 6.66. The monoisotopic (exact) mass is 383 g/mol. The van der Waals surface area contributed by atoms with Crippen LogP contribution in [0.1, 0.15) is 29.8 Å². The molecule has 2 atom stereocenters. The summed E-state index contributed by atoms with van der Waals surface area (Å²) >= 11 is 0. The van der Waals surface area contributed by atoms with Gasteiger partial charge in [0.25, 0.3) is 5.91 Å². The lowest BCUT2D eigenvalue weighted by molar-refractivity contribution is -0.146. The van der Waals surface area contributed by atoms with E-state index < -0.39 is 5.97 Å². The van der Waals surface area contributed by atoms with Crippen LogP contribution in [0.4, 0.5) is 0 Å². The second-order valence-electron chi connectivity index (χ2n) is 6.93. The van der Waals surface area contributed by atoms with Crippen LogP contribution >= 0.6 is 0 Å². The normalized spacial score (nSPS) is 19.1. The van der Waals surface area contributed by atoms with Crippen molar-refractivity contribution in [2.45, 2.75) is 32.7 Å². The van der Waals surface area contributed by atoms with E-state index in [4.69, 9.17) is 14.2 Å². The zero-order valence-corrected chi connectivity index (χ0v) is 16.2. The third-order valence-corrected chi connectivity index (χ3v) is 4.44. The van der Waals surface area contributed by atoms with Crippen LogP contribution in [-0.2, 0) is 20.9 Å². The van der Waals surface area contributed by atoms with Gasteiger partial charge in [-0.05, 0) is 43.7 Å². The van der Waals surface area contributed by atoms with Gasteiger partial charge < -0.3 is 19.1 Å². The van der Waals surface area contributed by atoms with E-state index in [0.717, 1.165) is 5.56 Å². The topological polar surface area (TPSA) is 65.1 Å². The Labute approximate surface area is 165 Å². The fourth-order valence-corrected chi connectivity index (χ4v) is 3.11. The van der Waals surface area contributed by atoms with Crippen LogP contribution in [0.15, 0.2) is 54.6 Å². The number of hydrogen-bond donors (Lipinski definition) is 0. The van der Waals surface area contributed by atoms with Crippen LogP contribution in [0.2, 0.25) is 0 Å². The molecule has 0 aliphatic carbocycles. The molecule has 148 valence electrons.